The molecule has 2 aromatic rings. The fourth-order valence-electron chi connectivity index (χ4n) is 1.99. The van der Waals surface area contributed by atoms with Crippen LogP contribution >= 0.6 is 11.3 Å². The molecule has 0 fully saturated rings. The maximum atomic E-state index is 11.9. The number of nitrogens with zero attached hydrogens (tertiary/aromatic N) is 1. The Bertz CT molecular complexity index is 596. The van der Waals surface area contributed by atoms with Crippen molar-refractivity contribution < 1.29 is 9.53 Å². The first-order chi connectivity index (χ1) is 10.7. The maximum absolute atomic E-state index is 11.9. The minimum Gasteiger partial charge on any atom is -0.492 e. The van der Waals surface area contributed by atoms with Gasteiger partial charge in [0.2, 0.25) is 5.91 Å². The molecule has 6 heteroatoms. The Balaban J connectivity index is 1.72. The summed E-state index contributed by atoms with van der Waals surface area (Å²) in [5.41, 5.74) is 7.22. The Kier molecular flexibility index (Phi) is 6.36. The van der Waals surface area contributed by atoms with Crippen molar-refractivity contribution in [3.8, 4) is 5.75 Å². The van der Waals surface area contributed by atoms with E-state index in [1.165, 1.54) is 0 Å². The highest BCUT2D eigenvalue weighted by atomic mass is 32.1. The fraction of sp³-hybridized carbons (Fsp3) is 0.375. The third kappa shape index (κ3) is 5.46. The Morgan fingerprint density at radius 3 is 2.77 bits per heavy atom. The van der Waals surface area contributed by atoms with Gasteiger partial charge in [-0.3, -0.25) is 4.79 Å². The van der Waals surface area contributed by atoms with Gasteiger partial charge in [0, 0.05) is 24.0 Å². The summed E-state index contributed by atoms with van der Waals surface area (Å²) in [5.74, 6) is 0.768. The van der Waals surface area contributed by atoms with Crippen molar-refractivity contribution in [2.45, 2.75) is 26.2 Å². The second kappa shape index (κ2) is 8.51. The number of carbonyl (C=O) groups is 1. The van der Waals surface area contributed by atoms with Gasteiger partial charge in [0.05, 0.1) is 10.7 Å². The largest absolute Gasteiger partial charge is 0.492 e. The Hall–Kier alpha value is -1.92. The highest BCUT2D eigenvalue weighted by molar-refractivity contribution is 7.09. The quantitative estimate of drug-likeness (QED) is 0.784. The number of benzene rings is 1. The molecule has 0 spiro atoms. The standard InChI is InChI=1S/C16H21N3O2S/c1-12-18-14(11-22-12)3-2-4-16(20)19-13-5-7-15(8-6-13)21-10-9-17/h5-8,11H,2-4,9-10,17H2,1H3,(H,19,20). The number of amides is 1. The number of nitrogens with two attached hydrogens (primary N) is 1. The van der Waals surface area contributed by atoms with Crippen LogP contribution in [0, 0.1) is 6.92 Å². The predicted octanol–water partition coefficient (Wildman–Crippen LogP) is 2.75. The minimum atomic E-state index is 0.0163. The van der Waals surface area contributed by atoms with Crippen molar-refractivity contribution in [2.24, 2.45) is 5.73 Å². The summed E-state index contributed by atoms with van der Waals surface area (Å²) >= 11 is 1.64. The van der Waals surface area contributed by atoms with Crippen molar-refractivity contribution in [3.05, 3.63) is 40.3 Å². The molecule has 0 atom stereocenters. The number of hydrogen-bond acceptors (Lipinski definition) is 5. The summed E-state index contributed by atoms with van der Waals surface area (Å²) in [6.45, 7) is 2.96. The first-order valence-electron chi connectivity index (χ1n) is 7.31. The molecule has 118 valence electrons. The van der Waals surface area contributed by atoms with E-state index >= 15 is 0 Å². The second-order valence-corrected chi connectivity index (χ2v) is 5.98. The number of anilines is 1. The lowest BCUT2D eigenvalue weighted by Gasteiger charge is -2.07. The van der Waals surface area contributed by atoms with Gasteiger partial charge >= 0.3 is 0 Å². The van der Waals surface area contributed by atoms with Crippen LogP contribution in [0.3, 0.4) is 0 Å². The number of aromatic nitrogens is 1. The van der Waals surface area contributed by atoms with Crippen LogP contribution < -0.4 is 15.8 Å². The number of carbonyl (C=O) groups excluding carboxylic acids is 1. The van der Waals surface area contributed by atoms with E-state index in [0.29, 0.717) is 19.6 Å². The first-order valence-corrected chi connectivity index (χ1v) is 8.19. The first kappa shape index (κ1) is 16.5. The lowest BCUT2D eigenvalue weighted by molar-refractivity contribution is -0.116. The number of nitrogens with one attached hydrogen (secondary N) is 1. The Morgan fingerprint density at radius 2 is 2.14 bits per heavy atom. The Morgan fingerprint density at radius 1 is 1.36 bits per heavy atom. The van der Waals surface area contributed by atoms with E-state index in [2.05, 4.69) is 10.3 Å². The van der Waals surface area contributed by atoms with Crippen LogP contribution in [0.2, 0.25) is 0 Å². The molecule has 0 bridgehead atoms. The predicted molar refractivity (Wildman–Crippen MR) is 89.4 cm³/mol. The minimum absolute atomic E-state index is 0.0163. The number of aryl methyl sites for hydroxylation is 2. The average Bonchev–Trinajstić information content (AvgIpc) is 2.92. The van der Waals surface area contributed by atoms with E-state index in [9.17, 15) is 4.79 Å². The molecule has 1 amide bonds. The smallest absolute Gasteiger partial charge is 0.224 e. The molecule has 0 saturated heterocycles. The molecule has 1 heterocycles. The average molecular weight is 319 g/mol. The summed E-state index contributed by atoms with van der Waals surface area (Å²) in [4.78, 5) is 16.3. The summed E-state index contributed by atoms with van der Waals surface area (Å²) in [7, 11) is 0. The van der Waals surface area contributed by atoms with Crippen LogP contribution in [0.4, 0.5) is 5.69 Å². The van der Waals surface area contributed by atoms with Crippen LogP contribution in [-0.2, 0) is 11.2 Å². The molecule has 5 nitrogen and oxygen atoms in total. The third-order valence-electron chi connectivity index (χ3n) is 3.03. The molecular weight excluding hydrogens is 298 g/mol. The molecule has 2 rings (SSSR count). The van der Waals surface area contributed by atoms with Crippen molar-refractivity contribution in [2.75, 3.05) is 18.5 Å². The fourth-order valence-corrected chi connectivity index (χ4v) is 2.63. The molecule has 0 saturated carbocycles. The maximum Gasteiger partial charge on any atom is 0.224 e. The van der Waals surface area contributed by atoms with Crippen LogP contribution in [0.15, 0.2) is 29.6 Å². The highest BCUT2D eigenvalue weighted by Crippen LogP contribution is 2.16. The molecular formula is C16H21N3O2S. The SMILES string of the molecule is Cc1nc(CCCC(=O)Nc2ccc(OCCN)cc2)cs1. The molecule has 1 aromatic carbocycles. The van der Waals surface area contributed by atoms with Gasteiger partial charge in [-0.25, -0.2) is 4.98 Å². The monoisotopic (exact) mass is 319 g/mol. The molecule has 1 aromatic heterocycles. The molecule has 3 N–H and O–H groups in total. The summed E-state index contributed by atoms with van der Waals surface area (Å²) in [5, 5.41) is 5.99. The zero-order valence-corrected chi connectivity index (χ0v) is 13.5. The van der Waals surface area contributed by atoms with Crippen molar-refractivity contribution >= 4 is 22.9 Å². The van der Waals surface area contributed by atoms with Gasteiger partial charge in [-0.2, -0.15) is 0 Å². The molecule has 0 radical (unpaired) electrons. The number of thiazole rings is 1. The van der Waals surface area contributed by atoms with Crippen molar-refractivity contribution in [1.29, 1.82) is 0 Å². The molecule has 0 aliphatic rings. The number of ether oxygens (including phenoxy) is 1. The number of hydrogen-bond donors (Lipinski definition) is 2. The van der Waals surface area contributed by atoms with E-state index < -0.39 is 0 Å². The van der Waals surface area contributed by atoms with Gasteiger partial charge in [0.15, 0.2) is 0 Å². The number of rotatable bonds is 8. The zero-order valence-electron chi connectivity index (χ0n) is 12.7. The van der Waals surface area contributed by atoms with Gasteiger partial charge < -0.3 is 15.8 Å². The normalized spacial score (nSPS) is 10.5. The summed E-state index contributed by atoms with van der Waals surface area (Å²) in [6, 6.07) is 7.30. The third-order valence-corrected chi connectivity index (χ3v) is 3.85. The Labute approximate surface area is 134 Å². The zero-order chi connectivity index (χ0) is 15.8. The van der Waals surface area contributed by atoms with Crippen molar-refractivity contribution in [3.63, 3.8) is 0 Å². The van der Waals surface area contributed by atoms with Gasteiger partial charge in [0.1, 0.15) is 12.4 Å². The molecule has 0 aliphatic heterocycles. The van der Waals surface area contributed by atoms with Gasteiger partial charge in [-0.05, 0) is 44.0 Å². The molecule has 0 unspecified atom stereocenters. The summed E-state index contributed by atoms with van der Waals surface area (Å²) in [6.07, 6.45) is 2.12. The van der Waals surface area contributed by atoms with Crippen LogP contribution in [-0.4, -0.2) is 24.0 Å². The lowest BCUT2D eigenvalue weighted by atomic mass is 10.2. The lowest BCUT2D eigenvalue weighted by Crippen LogP contribution is -2.12. The van der Waals surface area contributed by atoms with Crippen molar-refractivity contribution in [1.82, 2.24) is 4.98 Å². The van der Waals surface area contributed by atoms with E-state index in [0.717, 1.165) is 35.0 Å². The summed E-state index contributed by atoms with van der Waals surface area (Å²) < 4.78 is 5.39. The van der Waals surface area contributed by atoms with Gasteiger partial charge in [-0.1, -0.05) is 0 Å². The van der Waals surface area contributed by atoms with E-state index in [-0.39, 0.29) is 5.91 Å². The van der Waals surface area contributed by atoms with E-state index in [4.69, 9.17) is 10.5 Å². The highest BCUT2D eigenvalue weighted by Gasteiger charge is 2.04. The van der Waals surface area contributed by atoms with Gasteiger partial charge in [0.25, 0.3) is 0 Å². The van der Waals surface area contributed by atoms with Crippen LogP contribution in [0.25, 0.3) is 0 Å². The molecule has 0 aliphatic carbocycles. The topological polar surface area (TPSA) is 77.2 Å². The van der Waals surface area contributed by atoms with Crippen LogP contribution in [0.5, 0.6) is 5.75 Å². The van der Waals surface area contributed by atoms with E-state index in [1.807, 2.05) is 36.6 Å². The second-order valence-electron chi connectivity index (χ2n) is 4.92. The molecule has 22 heavy (non-hydrogen) atoms. The van der Waals surface area contributed by atoms with E-state index in [1.54, 1.807) is 11.3 Å². The van der Waals surface area contributed by atoms with Crippen LogP contribution in [0.1, 0.15) is 23.5 Å². The van der Waals surface area contributed by atoms with Gasteiger partial charge in [-0.15, -0.1) is 11.3 Å².